The predicted molar refractivity (Wildman–Crippen MR) is 124 cm³/mol. The average molecular weight is 483 g/mol. The van der Waals surface area contributed by atoms with Crippen LogP contribution in [0.2, 0.25) is 0 Å². The van der Waals surface area contributed by atoms with Crippen LogP contribution in [0.5, 0.6) is 11.6 Å². The highest BCUT2D eigenvalue weighted by molar-refractivity contribution is 6.03. The summed E-state index contributed by atoms with van der Waals surface area (Å²) < 4.78 is 26.3. The van der Waals surface area contributed by atoms with Gasteiger partial charge in [0, 0.05) is 42.9 Å². The van der Waals surface area contributed by atoms with Crippen molar-refractivity contribution < 1.29 is 28.2 Å². The van der Waals surface area contributed by atoms with Crippen molar-refractivity contribution in [1.29, 1.82) is 0 Å². The largest absolute Gasteiger partial charge is 0.479 e. The molecule has 3 aliphatic rings. The summed E-state index contributed by atoms with van der Waals surface area (Å²) >= 11 is 0. The van der Waals surface area contributed by atoms with Gasteiger partial charge in [0.15, 0.2) is 6.10 Å². The molecule has 3 amide bonds. The minimum atomic E-state index is -0.741. The molecule has 1 aromatic heterocycles. The Labute approximate surface area is 202 Å². The summed E-state index contributed by atoms with van der Waals surface area (Å²) in [6.45, 7) is 0.821. The SMILES string of the molecule is CNC(=O)CN1Cc2c(F)cc(N3CC[C@@H](Oc4ccc(OCCC5CC5)nc4)C3=O)cc2C1=O. The number of pyridine rings is 1. The number of nitrogens with one attached hydrogen (secondary N) is 1. The number of amides is 3. The van der Waals surface area contributed by atoms with Crippen molar-refractivity contribution in [2.75, 3.05) is 31.6 Å². The molecule has 0 spiro atoms. The normalized spacial score (nSPS) is 19.2. The smallest absolute Gasteiger partial charge is 0.268 e. The van der Waals surface area contributed by atoms with E-state index in [1.807, 2.05) is 0 Å². The summed E-state index contributed by atoms with van der Waals surface area (Å²) in [6, 6.07) is 6.20. The van der Waals surface area contributed by atoms with E-state index in [9.17, 15) is 18.8 Å². The number of benzene rings is 1. The third-order valence-corrected chi connectivity index (χ3v) is 6.59. The van der Waals surface area contributed by atoms with E-state index in [4.69, 9.17) is 9.47 Å². The Morgan fingerprint density at radius 3 is 2.77 bits per heavy atom. The Kier molecular flexibility index (Phi) is 6.27. The van der Waals surface area contributed by atoms with Gasteiger partial charge in [-0.05, 0) is 30.5 Å². The molecule has 1 aliphatic carbocycles. The number of hydrogen-bond donors (Lipinski definition) is 1. The molecule has 0 unspecified atom stereocenters. The minimum absolute atomic E-state index is 0.0146. The Hall–Kier alpha value is -3.69. The zero-order valence-electron chi connectivity index (χ0n) is 19.5. The van der Waals surface area contributed by atoms with Crippen LogP contribution in [0.3, 0.4) is 0 Å². The number of hydrogen-bond acceptors (Lipinski definition) is 6. The van der Waals surface area contributed by atoms with E-state index in [1.54, 1.807) is 12.1 Å². The number of anilines is 1. The maximum atomic E-state index is 14.8. The molecule has 1 saturated heterocycles. The number of rotatable bonds is 9. The number of aromatic nitrogens is 1. The van der Waals surface area contributed by atoms with E-state index in [0.717, 1.165) is 12.3 Å². The molecule has 0 radical (unpaired) electrons. The Morgan fingerprint density at radius 1 is 1.23 bits per heavy atom. The molecule has 2 aromatic rings. The zero-order valence-corrected chi connectivity index (χ0v) is 19.5. The van der Waals surface area contributed by atoms with Crippen LogP contribution in [0.25, 0.3) is 0 Å². The average Bonchev–Trinajstić information content (AvgIpc) is 3.54. The van der Waals surface area contributed by atoms with Gasteiger partial charge < -0.3 is 24.6 Å². The van der Waals surface area contributed by atoms with E-state index < -0.39 is 17.8 Å². The first kappa shape index (κ1) is 23.1. The molecule has 1 aromatic carbocycles. The van der Waals surface area contributed by atoms with Crippen molar-refractivity contribution in [1.82, 2.24) is 15.2 Å². The topological polar surface area (TPSA) is 101 Å². The van der Waals surface area contributed by atoms with Gasteiger partial charge in [0.05, 0.1) is 19.3 Å². The number of fused-ring (bicyclic) bond motifs is 1. The van der Waals surface area contributed by atoms with Crippen molar-refractivity contribution >= 4 is 23.4 Å². The number of likely N-dealkylation sites (N-methyl/N-ethyl adjacent to an activating group) is 1. The molecule has 1 atom stereocenters. The van der Waals surface area contributed by atoms with Gasteiger partial charge in [0.25, 0.3) is 11.8 Å². The van der Waals surface area contributed by atoms with Crippen LogP contribution in [0.4, 0.5) is 10.1 Å². The van der Waals surface area contributed by atoms with Gasteiger partial charge in [-0.15, -0.1) is 0 Å². The summed E-state index contributed by atoms with van der Waals surface area (Å²) in [6.07, 6.45) is 4.79. The first-order valence-electron chi connectivity index (χ1n) is 11.8. The van der Waals surface area contributed by atoms with Crippen LogP contribution in [-0.2, 0) is 16.1 Å². The molecule has 5 rings (SSSR count). The van der Waals surface area contributed by atoms with Gasteiger partial charge in [0.1, 0.15) is 18.1 Å². The van der Waals surface area contributed by atoms with Gasteiger partial charge in [0.2, 0.25) is 11.8 Å². The molecule has 3 heterocycles. The minimum Gasteiger partial charge on any atom is -0.479 e. The van der Waals surface area contributed by atoms with Gasteiger partial charge in [-0.3, -0.25) is 14.4 Å². The Balaban J connectivity index is 1.22. The molecule has 0 bridgehead atoms. The van der Waals surface area contributed by atoms with Crippen molar-refractivity contribution in [2.45, 2.75) is 38.3 Å². The van der Waals surface area contributed by atoms with Crippen molar-refractivity contribution in [3.8, 4) is 11.6 Å². The lowest BCUT2D eigenvalue weighted by Crippen LogP contribution is -2.35. The van der Waals surface area contributed by atoms with Crippen LogP contribution in [0, 0.1) is 11.7 Å². The highest BCUT2D eigenvalue weighted by atomic mass is 19.1. The van der Waals surface area contributed by atoms with Gasteiger partial charge in [-0.25, -0.2) is 9.37 Å². The molecule has 2 aliphatic heterocycles. The van der Waals surface area contributed by atoms with Gasteiger partial charge >= 0.3 is 0 Å². The first-order chi connectivity index (χ1) is 16.9. The van der Waals surface area contributed by atoms with Crippen LogP contribution >= 0.6 is 0 Å². The maximum absolute atomic E-state index is 14.8. The summed E-state index contributed by atoms with van der Waals surface area (Å²) in [4.78, 5) is 44.3. The molecule has 1 saturated carbocycles. The van der Waals surface area contributed by atoms with Crippen LogP contribution in [-0.4, -0.2) is 60.5 Å². The summed E-state index contributed by atoms with van der Waals surface area (Å²) in [5.74, 6) is 0.0718. The quantitative estimate of drug-likeness (QED) is 0.589. The molecule has 9 nitrogen and oxygen atoms in total. The van der Waals surface area contributed by atoms with Crippen molar-refractivity contribution in [3.05, 3.63) is 47.4 Å². The first-order valence-corrected chi connectivity index (χ1v) is 11.8. The molecule has 1 N–H and O–H groups in total. The number of ether oxygens (including phenoxy) is 2. The van der Waals surface area contributed by atoms with Crippen molar-refractivity contribution in [3.63, 3.8) is 0 Å². The van der Waals surface area contributed by atoms with Crippen LogP contribution in [0.15, 0.2) is 30.5 Å². The Morgan fingerprint density at radius 2 is 2.06 bits per heavy atom. The lowest BCUT2D eigenvalue weighted by atomic mass is 10.1. The Bertz CT molecular complexity index is 1150. The second-order valence-corrected chi connectivity index (χ2v) is 9.09. The number of carbonyl (C=O) groups is 3. The fourth-order valence-corrected chi connectivity index (χ4v) is 4.39. The maximum Gasteiger partial charge on any atom is 0.268 e. The molecular formula is C25H27FN4O5. The molecule has 10 heteroatoms. The molecule has 184 valence electrons. The van der Waals surface area contributed by atoms with E-state index >= 15 is 0 Å². The predicted octanol–water partition coefficient (Wildman–Crippen LogP) is 2.29. The zero-order chi connectivity index (χ0) is 24.5. The number of halogens is 1. The van der Waals surface area contributed by atoms with Gasteiger partial charge in [-0.2, -0.15) is 0 Å². The fourth-order valence-electron chi connectivity index (χ4n) is 4.39. The standard InChI is InChI=1S/C25H27FN4O5/c1-27-22(31)14-29-13-19-18(24(29)32)10-16(11-20(19)26)30-8-6-21(25(30)33)35-17-4-5-23(28-12-17)34-9-7-15-2-3-15/h4-5,10-12,15,21H,2-3,6-9,13-14H2,1H3,(H,27,31)/t21-/m1/s1. The summed E-state index contributed by atoms with van der Waals surface area (Å²) in [5, 5.41) is 2.45. The summed E-state index contributed by atoms with van der Waals surface area (Å²) in [5.41, 5.74) is 0.695. The number of nitrogens with zero attached hydrogens (tertiary/aromatic N) is 3. The van der Waals surface area contributed by atoms with Crippen LogP contribution < -0.4 is 19.7 Å². The van der Waals surface area contributed by atoms with E-state index in [1.165, 1.54) is 48.0 Å². The second kappa shape index (κ2) is 9.52. The van der Waals surface area contributed by atoms with E-state index in [0.29, 0.717) is 36.9 Å². The molecule has 35 heavy (non-hydrogen) atoms. The third-order valence-electron chi connectivity index (χ3n) is 6.59. The highest BCUT2D eigenvalue weighted by Gasteiger charge is 2.37. The molecular weight excluding hydrogens is 455 g/mol. The van der Waals surface area contributed by atoms with Crippen molar-refractivity contribution in [2.24, 2.45) is 5.92 Å². The number of carbonyl (C=O) groups excluding carboxylic acids is 3. The van der Waals surface area contributed by atoms with Crippen LogP contribution in [0.1, 0.15) is 41.6 Å². The van der Waals surface area contributed by atoms with E-state index in [2.05, 4.69) is 10.3 Å². The fraction of sp³-hybridized carbons (Fsp3) is 0.440. The van der Waals surface area contributed by atoms with Gasteiger partial charge in [-0.1, -0.05) is 12.8 Å². The third kappa shape index (κ3) is 4.91. The highest BCUT2D eigenvalue weighted by Crippen LogP contribution is 2.33. The summed E-state index contributed by atoms with van der Waals surface area (Å²) in [7, 11) is 1.47. The van der Waals surface area contributed by atoms with E-state index in [-0.39, 0.29) is 36.0 Å². The second-order valence-electron chi connectivity index (χ2n) is 9.09. The lowest BCUT2D eigenvalue weighted by molar-refractivity contribution is -0.123. The monoisotopic (exact) mass is 482 g/mol. The lowest BCUT2D eigenvalue weighted by Gasteiger charge is -2.18. The molecule has 2 fully saturated rings.